The fourth-order valence-corrected chi connectivity index (χ4v) is 4.13. The van der Waals surface area contributed by atoms with Crippen LogP contribution in [0.3, 0.4) is 0 Å². The van der Waals surface area contributed by atoms with Gasteiger partial charge in [-0.05, 0) is 53.6 Å². The largest absolute Gasteiger partial charge is 0.325 e. The summed E-state index contributed by atoms with van der Waals surface area (Å²) in [6.07, 6.45) is 12.3. The van der Waals surface area contributed by atoms with Crippen LogP contribution in [0.25, 0.3) is 46.1 Å². The van der Waals surface area contributed by atoms with Crippen LogP contribution in [-0.4, -0.2) is 16.5 Å². The van der Waals surface area contributed by atoms with Gasteiger partial charge in [-0.3, -0.25) is 9.97 Å². The zero-order valence-electron chi connectivity index (χ0n) is 18.3. The molecule has 0 aliphatic heterocycles. The first-order valence-electron chi connectivity index (χ1n) is 11.1. The second-order valence-corrected chi connectivity index (χ2v) is 7.82. The van der Waals surface area contributed by atoms with E-state index in [0.29, 0.717) is 6.54 Å². The Morgan fingerprint density at radius 2 is 1.12 bits per heavy atom. The smallest absolute Gasteiger partial charge is 0.205 e. The molecule has 0 spiro atoms. The Kier molecular flexibility index (Phi) is 6.00. The maximum atomic E-state index is 5.98. The molecule has 4 heteroatoms. The minimum atomic E-state index is 0.562. The van der Waals surface area contributed by atoms with Crippen LogP contribution >= 0.6 is 0 Å². The minimum absolute atomic E-state index is 0.562. The highest BCUT2D eigenvalue weighted by Gasteiger charge is 2.12. The molecule has 0 aliphatic rings. The third-order valence-electron chi connectivity index (χ3n) is 5.74. The number of fused-ring (bicyclic) bond motifs is 2. The number of rotatable bonds is 6. The van der Waals surface area contributed by atoms with Gasteiger partial charge in [-0.2, -0.15) is 4.57 Å². The molecular weight excluding hydrogens is 404 g/mol. The number of pyridine rings is 3. The Balaban J connectivity index is 1.52. The van der Waals surface area contributed by atoms with Crippen molar-refractivity contribution >= 4 is 46.1 Å². The van der Waals surface area contributed by atoms with Crippen molar-refractivity contribution in [1.29, 1.82) is 0 Å². The van der Waals surface area contributed by atoms with Crippen molar-refractivity contribution in [2.75, 3.05) is 6.54 Å². The molecule has 0 aliphatic carbocycles. The maximum Gasteiger partial charge on any atom is 0.205 e. The zero-order chi connectivity index (χ0) is 22.5. The summed E-state index contributed by atoms with van der Waals surface area (Å²) in [4.78, 5) is 8.93. The molecule has 2 aromatic carbocycles. The Morgan fingerprint density at radius 3 is 1.64 bits per heavy atom. The average Bonchev–Trinajstić information content (AvgIpc) is 2.87. The summed E-state index contributed by atoms with van der Waals surface area (Å²) in [7, 11) is 0. The van der Waals surface area contributed by atoms with Crippen LogP contribution < -0.4 is 10.3 Å². The van der Waals surface area contributed by atoms with E-state index in [4.69, 9.17) is 5.73 Å². The first-order chi connectivity index (χ1) is 16.3. The lowest BCUT2D eigenvalue weighted by molar-refractivity contribution is -0.697. The van der Waals surface area contributed by atoms with Gasteiger partial charge >= 0.3 is 0 Å². The van der Waals surface area contributed by atoms with Gasteiger partial charge < -0.3 is 5.73 Å². The lowest BCUT2D eigenvalue weighted by Gasteiger charge is -2.05. The highest BCUT2D eigenvalue weighted by atomic mass is 15.0. The molecule has 0 atom stereocenters. The van der Waals surface area contributed by atoms with E-state index in [0.717, 1.165) is 50.9 Å². The summed E-state index contributed by atoms with van der Waals surface area (Å²) in [5.41, 5.74) is 12.5. The fraction of sp³-hybridized carbons (Fsp3) is 0.0690. The summed E-state index contributed by atoms with van der Waals surface area (Å²) in [5, 5.41) is 2.28. The quantitative estimate of drug-likeness (QED) is 0.369. The average molecular weight is 430 g/mol. The van der Waals surface area contributed by atoms with E-state index in [-0.39, 0.29) is 0 Å². The Bertz CT molecular complexity index is 1370. The highest BCUT2D eigenvalue weighted by molar-refractivity contribution is 5.91. The topological polar surface area (TPSA) is 55.7 Å². The molecule has 2 N–H and O–H groups in total. The predicted molar refractivity (Wildman–Crippen MR) is 137 cm³/mol. The van der Waals surface area contributed by atoms with Crippen molar-refractivity contribution < 1.29 is 4.57 Å². The lowest BCUT2D eigenvalue weighted by atomic mass is 10.1. The third-order valence-corrected chi connectivity index (χ3v) is 5.74. The Morgan fingerprint density at radius 1 is 0.606 bits per heavy atom. The van der Waals surface area contributed by atoms with E-state index < -0.39 is 0 Å². The summed E-state index contributed by atoms with van der Waals surface area (Å²) < 4.78 is 2.25. The van der Waals surface area contributed by atoms with Gasteiger partial charge in [0.25, 0.3) is 0 Å². The van der Waals surface area contributed by atoms with E-state index in [2.05, 4.69) is 69.2 Å². The summed E-state index contributed by atoms with van der Waals surface area (Å²) >= 11 is 0. The van der Waals surface area contributed by atoms with E-state index in [9.17, 15) is 0 Å². The van der Waals surface area contributed by atoms with Crippen molar-refractivity contribution in [2.24, 2.45) is 5.73 Å². The molecule has 3 heterocycles. The molecule has 0 saturated heterocycles. The SMILES string of the molecule is NCC[n+]1c(/C=C/c2ccnc3ccccc23)cccc1/C=C/c1ccnc2ccccc12. The van der Waals surface area contributed by atoms with Gasteiger partial charge in [0.1, 0.15) is 0 Å². The predicted octanol–water partition coefficient (Wildman–Crippen LogP) is 5.37. The van der Waals surface area contributed by atoms with Gasteiger partial charge in [0.2, 0.25) is 11.4 Å². The monoisotopic (exact) mass is 429 g/mol. The van der Waals surface area contributed by atoms with Crippen molar-refractivity contribution in [3.63, 3.8) is 0 Å². The van der Waals surface area contributed by atoms with E-state index >= 15 is 0 Å². The third kappa shape index (κ3) is 4.43. The maximum absolute atomic E-state index is 5.98. The number of para-hydroxylation sites is 2. The van der Waals surface area contributed by atoms with Crippen molar-refractivity contribution in [1.82, 2.24) is 9.97 Å². The Hall–Kier alpha value is -4.15. The molecule has 0 radical (unpaired) electrons. The van der Waals surface area contributed by atoms with Crippen LogP contribution in [0, 0.1) is 0 Å². The van der Waals surface area contributed by atoms with Crippen LogP contribution in [0.15, 0.2) is 91.3 Å². The van der Waals surface area contributed by atoms with Crippen LogP contribution in [0.5, 0.6) is 0 Å². The van der Waals surface area contributed by atoms with Crippen LogP contribution in [0.1, 0.15) is 22.5 Å². The van der Waals surface area contributed by atoms with Crippen LogP contribution in [0.2, 0.25) is 0 Å². The molecule has 0 fully saturated rings. The van der Waals surface area contributed by atoms with E-state index in [1.807, 2.05) is 60.9 Å². The normalized spacial score (nSPS) is 11.8. The van der Waals surface area contributed by atoms with Crippen molar-refractivity contribution in [3.8, 4) is 0 Å². The molecule has 0 bridgehead atoms. The fourth-order valence-electron chi connectivity index (χ4n) is 4.13. The number of benzene rings is 2. The van der Waals surface area contributed by atoms with E-state index in [1.165, 1.54) is 0 Å². The first kappa shape index (κ1) is 20.7. The van der Waals surface area contributed by atoms with Crippen molar-refractivity contribution in [3.05, 3.63) is 114 Å². The molecule has 3 aromatic heterocycles. The molecule has 0 amide bonds. The number of hydrogen-bond donors (Lipinski definition) is 1. The van der Waals surface area contributed by atoms with E-state index in [1.54, 1.807) is 0 Å². The molecule has 160 valence electrons. The zero-order valence-corrected chi connectivity index (χ0v) is 18.3. The summed E-state index contributed by atoms with van der Waals surface area (Å²) in [6, 6.07) is 26.8. The van der Waals surface area contributed by atoms with Gasteiger partial charge in [-0.1, -0.05) is 36.4 Å². The minimum Gasteiger partial charge on any atom is -0.325 e. The van der Waals surface area contributed by atoms with Crippen LogP contribution in [0.4, 0.5) is 0 Å². The second-order valence-electron chi connectivity index (χ2n) is 7.82. The molecular formula is C29H25N4+. The summed E-state index contributed by atoms with van der Waals surface area (Å²) in [6.45, 7) is 1.29. The number of nitrogens with zero attached hydrogens (tertiary/aromatic N) is 3. The molecule has 4 nitrogen and oxygen atoms in total. The first-order valence-corrected chi connectivity index (χ1v) is 11.1. The Labute approximate surface area is 193 Å². The molecule has 0 saturated carbocycles. The van der Waals surface area contributed by atoms with Crippen molar-refractivity contribution in [2.45, 2.75) is 6.54 Å². The standard InChI is InChI=1S/C29H25N4/c30-18-21-33-24(14-12-22-16-19-31-28-10-3-1-8-26(22)28)6-5-7-25(33)15-13-23-17-20-32-29-11-4-2-9-27(23)29/h1-17,19-20H,18,21,30H2/q+1/b14-12+,15-13+. The van der Waals surface area contributed by atoms with Gasteiger partial charge in [-0.25, -0.2) is 0 Å². The highest BCUT2D eigenvalue weighted by Crippen LogP contribution is 2.20. The lowest BCUT2D eigenvalue weighted by Crippen LogP contribution is -2.43. The molecule has 5 aromatic rings. The molecule has 0 unspecified atom stereocenters. The molecule has 33 heavy (non-hydrogen) atoms. The van der Waals surface area contributed by atoms with Gasteiger partial charge in [-0.15, -0.1) is 0 Å². The van der Waals surface area contributed by atoms with Gasteiger partial charge in [0.15, 0.2) is 6.54 Å². The molecule has 5 rings (SSSR count). The van der Waals surface area contributed by atoms with Gasteiger partial charge in [0, 0.05) is 47.5 Å². The number of hydrogen-bond acceptors (Lipinski definition) is 3. The summed E-state index contributed by atoms with van der Waals surface area (Å²) in [5.74, 6) is 0. The van der Waals surface area contributed by atoms with Gasteiger partial charge in [0.05, 0.1) is 17.6 Å². The van der Waals surface area contributed by atoms with Crippen LogP contribution in [-0.2, 0) is 6.54 Å². The number of nitrogens with two attached hydrogens (primary N) is 1. The second kappa shape index (κ2) is 9.55. The number of aromatic nitrogens is 3.